The van der Waals surface area contributed by atoms with Crippen LogP contribution >= 0.6 is 0 Å². The highest BCUT2D eigenvalue weighted by Crippen LogP contribution is 2.31. The minimum Gasteiger partial charge on any atom is -0.460 e. The number of ether oxygens (including phenoxy) is 2. The number of hydrogen-bond acceptors (Lipinski definition) is 7. The number of esters is 1. The van der Waals surface area contributed by atoms with Crippen molar-refractivity contribution >= 4 is 11.9 Å². The molecule has 0 aliphatic carbocycles. The van der Waals surface area contributed by atoms with Crippen LogP contribution in [0.5, 0.6) is 0 Å². The largest absolute Gasteiger partial charge is 0.460 e. The monoisotopic (exact) mass is 268 g/mol. The van der Waals surface area contributed by atoms with Gasteiger partial charge in [0.1, 0.15) is 18.7 Å². The van der Waals surface area contributed by atoms with Crippen molar-refractivity contribution in [3.05, 3.63) is 16.8 Å². The van der Waals surface area contributed by atoms with E-state index >= 15 is 0 Å². The van der Waals surface area contributed by atoms with Gasteiger partial charge in [-0.2, -0.15) is 4.98 Å². The van der Waals surface area contributed by atoms with Gasteiger partial charge >= 0.3 is 11.7 Å². The van der Waals surface area contributed by atoms with Gasteiger partial charge in [0.2, 0.25) is 5.95 Å². The lowest BCUT2D eigenvalue weighted by molar-refractivity contribution is -0.149. The topological polar surface area (TPSA) is 109 Å². The van der Waals surface area contributed by atoms with Crippen molar-refractivity contribution in [2.24, 2.45) is 0 Å². The predicted molar refractivity (Wildman–Crippen MR) is 65.1 cm³/mol. The summed E-state index contributed by atoms with van der Waals surface area (Å²) in [6, 6.07) is 0. The number of aromatic nitrogens is 3. The Balaban J connectivity index is 2.19. The molecule has 1 fully saturated rings. The fourth-order valence-corrected chi connectivity index (χ4v) is 2.12. The van der Waals surface area contributed by atoms with E-state index in [0.717, 1.165) is 0 Å². The van der Waals surface area contributed by atoms with E-state index in [9.17, 15) is 9.59 Å². The Hall–Kier alpha value is -1.96. The quantitative estimate of drug-likeness (QED) is 0.759. The number of rotatable bonds is 3. The average Bonchev–Trinajstić information content (AvgIpc) is 2.71. The number of nitrogens with two attached hydrogens (primary N) is 1. The van der Waals surface area contributed by atoms with Crippen LogP contribution in [-0.2, 0) is 14.3 Å². The van der Waals surface area contributed by atoms with Crippen molar-refractivity contribution in [2.75, 3.05) is 5.73 Å². The normalized spacial score (nSPS) is 26.3. The molecular formula is C11H16N4O4. The maximum Gasteiger partial charge on any atom is 0.354 e. The number of nitrogen functional groups attached to an aromatic ring is 1. The van der Waals surface area contributed by atoms with Crippen LogP contribution < -0.4 is 11.4 Å². The molecule has 0 aromatic carbocycles. The molecule has 2 rings (SSSR count). The van der Waals surface area contributed by atoms with E-state index in [4.69, 9.17) is 15.2 Å². The molecule has 0 bridgehead atoms. The van der Waals surface area contributed by atoms with Crippen LogP contribution in [0.2, 0.25) is 0 Å². The number of carbonyl (C=O) groups is 1. The van der Waals surface area contributed by atoms with E-state index in [-0.39, 0.29) is 24.1 Å². The predicted octanol–water partition coefficient (Wildman–Crippen LogP) is -0.150. The van der Waals surface area contributed by atoms with Crippen LogP contribution in [-0.4, -0.2) is 32.7 Å². The Bertz CT molecular complexity index is 530. The van der Waals surface area contributed by atoms with Gasteiger partial charge in [-0.05, 0) is 6.42 Å². The van der Waals surface area contributed by atoms with Crippen molar-refractivity contribution in [1.82, 2.24) is 14.5 Å². The Labute approximate surface area is 109 Å². The van der Waals surface area contributed by atoms with E-state index in [0.29, 0.717) is 12.8 Å². The lowest BCUT2D eigenvalue weighted by Gasteiger charge is -2.15. The average molecular weight is 268 g/mol. The summed E-state index contributed by atoms with van der Waals surface area (Å²) in [6.07, 6.45) is 1.22. The summed E-state index contributed by atoms with van der Waals surface area (Å²) in [5, 5.41) is 0. The van der Waals surface area contributed by atoms with Crippen LogP contribution in [0.4, 0.5) is 5.95 Å². The molecule has 2 heterocycles. The van der Waals surface area contributed by atoms with Crippen molar-refractivity contribution < 1.29 is 14.3 Å². The second-order valence-corrected chi connectivity index (χ2v) is 4.33. The third kappa shape index (κ3) is 2.90. The number of carbonyl (C=O) groups excluding carboxylic acids is 1. The van der Waals surface area contributed by atoms with Crippen molar-refractivity contribution in [1.29, 1.82) is 0 Å². The molecule has 1 saturated heterocycles. The third-order valence-electron chi connectivity index (χ3n) is 2.96. The van der Waals surface area contributed by atoms with Gasteiger partial charge in [0.15, 0.2) is 0 Å². The molecule has 1 unspecified atom stereocenters. The molecule has 1 aromatic rings. The van der Waals surface area contributed by atoms with Crippen LogP contribution in [0.15, 0.2) is 11.1 Å². The Kier molecular flexibility index (Phi) is 3.79. The highest BCUT2D eigenvalue weighted by atomic mass is 16.6. The first-order chi connectivity index (χ1) is 9.01. The molecule has 0 amide bonds. The first-order valence-electron chi connectivity index (χ1n) is 6.04. The van der Waals surface area contributed by atoms with Crippen LogP contribution in [0.3, 0.4) is 0 Å². The first-order valence-corrected chi connectivity index (χ1v) is 6.04. The Morgan fingerprint density at radius 3 is 3.00 bits per heavy atom. The van der Waals surface area contributed by atoms with Gasteiger partial charge in [-0.15, -0.1) is 0 Å². The SMILES string of the molecule is CC[C@H]1O[C@H](n2cnc(N)nc2=O)CC1OC(C)=O. The van der Waals surface area contributed by atoms with Gasteiger partial charge in [0.05, 0.1) is 6.10 Å². The van der Waals surface area contributed by atoms with Crippen LogP contribution in [0.1, 0.15) is 32.9 Å². The molecule has 3 atom stereocenters. The van der Waals surface area contributed by atoms with E-state index in [1.165, 1.54) is 17.8 Å². The molecule has 1 aromatic heterocycles. The summed E-state index contributed by atoms with van der Waals surface area (Å²) in [5.41, 5.74) is 4.80. The fraction of sp³-hybridized carbons (Fsp3) is 0.636. The van der Waals surface area contributed by atoms with Crippen molar-refractivity contribution in [3.8, 4) is 0 Å². The molecule has 8 heteroatoms. The molecule has 8 nitrogen and oxygen atoms in total. The van der Waals surface area contributed by atoms with Crippen molar-refractivity contribution in [2.45, 2.75) is 45.1 Å². The second kappa shape index (κ2) is 5.35. The zero-order valence-corrected chi connectivity index (χ0v) is 10.8. The Morgan fingerprint density at radius 2 is 2.42 bits per heavy atom. The van der Waals surface area contributed by atoms with Crippen LogP contribution in [0, 0.1) is 0 Å². The third-order valence-corrected chi connectivity index (χ3v) is 2.96. The van der Waals surface area contributed by atoms with Gasteiger partial charge < -0.3 is 15.2 Å². The summed E-state index contributed by atoms with van der Waals surface area (Å²) < 4.78 is 12.1. The summed E-state index contributed by atoms with van der Waals surface area (Å²) >= 11 is 0. The Morgan fingerprint density at radius 1 is 1.68 bits per heavy atom. The zero-order chi connectivity index (χ0) is 14.0. The molecular weight excluding hydrogens is 252 g/mol. The summed E-state index contributed by atoms with van der Waals surface area (Å²) in [5.74, 6) is -0.448. The molecule has 2 N–H and O–H groups in total. The minimum atomic E-state index is -0.539. The van der Waals surface area contributed by atoms with Crippen molar-refractivity contribution in [3.63, 3.8) is 0 Å². The van der Waals surface area contributed by atoms with Crippen LogP contribution in [0.25, 0.3) is 0 Å². The summed E-state index contributed by atoms with van der Waals surface area (Å²) in [4.78, 5) is 30.0. The molecule has 1 aliphatic rings. The van der Waals surface area contributed by atoms with E-state index in [1.54, 1.807) is 0 Å². The maximum atomic E-state index is 11.7. The highest BCUT2D eigenvalue weighted by molar-refractivity contribution is 5.66. The fourth-order valence-electron chi connectivity index (χ4n) is 2.12. The zero-order valence-electron chi connectivity index (χ0n) is 10.8. The first kappa shape index (κ1) is 13.5. The van der Waals surface area contributed by atoms with Gasteiger partial charge in [-0.3, -0.25) is 9.36 Å². The molecule has 0 saturated carbocycles. The lowest BCUT2D eigenvalue weighted by atomic mass is 10.1. The van der Waals surface area contributed by atoms with Gasteiger partial charge in [0.25, 0.3) is 0 Å². The molecule has 19 heavy (non-hydrogen) atoms. The molecule has 104 valence electrons. The van der Waals surface area contributed by atoms with E-state index in [2.05, 4.69) is 9.97 Å². The standard InChI is InChI=1S/C11H16N4O4/c1-3-7-8(18-6(2)16)4-9(19-7)15-5-13-10(12)14-11(15)17/h5,7-9H,3-4H2,1-2H3,(H2,12,14,17)/t7-,8?,9+/m1/s1. The smallest absolute Gasteiger partial charge is 0.354 e. The molecule has 0 radical (unpaired) electrons. The van der Waals surface area contributed by atoms with Gasteiger partial charge in [-0.25, -0.2) is 9.78 Å². The minimum absolute atomic E-state index is 0.0807. The number of hydrogen-bond donors (Lipinski definition) is 1. The van der Waals surface area contributed by atoms with E-state index < -0.39 is 11.9 Å². The highest BCUT2D eigenvalue weighted by Gasteiger charge is 2.37. The lowest BCUT2D eigenvalue weighted by Crippen LogP contribution is -2.28. The van der Waals surface area contributed by atoms with E-state index in [1.807, 2.05) is 6.92 Å². The summed E-state index contributed by atoms with van der Waals surface area (Å²) in [6.45, 7) is 3.27. The maximum absolute atomic E-state index is 11.7. The summed E-state index contributed by atoms with van der Waals surface area (Å²) in [7, 11) is 0. The number of anilines is 1. The molecule has 0 spiro atoms. The van der Waals surface area contributed by atoms with Gasteiger partial charge in [0, 0.05) is 13.3 Å². The second-order valence-electron chi connectivity index (χ2n) is 4.33. The van der Waals surface area contributed by atoms with Gasteiger partial charge in [-0.1, -0.05) is 6.92 Å². The number of nitrogens with zero attached hydrogens (tertiary/aromatic N) is 3. The molecule has 1 aliphatic heterocycles.